The van der Waals surface area contributed by atoms with Crippen molar-refractivity contribution in [3.05, 3.63) is 0 Å². The quantitative estimate of drug-likeness (QED) is 0.785. The molecule has 2 N–H and O–H groups in total. The van der Waals surface area contributed by atoms with Gasteiger partial charge < -0.3 is 10.6 Å². The van der Waals surface area contributed by atoms with Crippen molar-refractivity contribution < 1.29 is 9.63 Å². The molecule has 0 bridgehead atoms. The van der Waals surface area contributed by atoms with Crippen LogP contribution >= 0.6 is 11.6 Å². The van der Waals surface area contributed by atoms with Gasteiger partial charge in [0.05, 0.1) is 23.3 Å². The monoisotopic (exact) mass is 349 g/mol. The minimum absolute atomic E-state index is 0.161. The van der Waals surface area contributed by atoms with E-state index in [-0.39, 0.29) is 5.17 Å². The van der Waals surface area contributed by atoms with E-state index in [1.807, 2.05) is 12.1 Å². The highest BCUT2D eigenvalue weighted by molar-refractivity contribution is 6.66. The van der Waals surface area contributed by atoms with E-state index in [0.717, 1.165) is 31.4 Å². The highest BCUT2D eigenvalue weighted by atomic mass is 35.5. The van der Waals surface area contributed by atoms with Crippen molar-refractivity contribution in [3.63, 3.8) is 0 Å². The number of hydrogen-bond donors (Lipinski definition) is 1. The maximum absolute atomic E-state index is 12.1. The molecule has 128 valence electrons. The molecule has 1 aliphatic heterocycles. The van der Waals surface area contributed by atoms with Gasteiger partial charge in [-0.2, -0.15) is 10.5 Å². The van der Waals surface area contributed by atoms with E-state index in [0.29, 0.717) is 0 Å². The van der Waals surface area contributed by atoms with Crippen LogP contribution in [0.3, 0.4) is 0 Å². The zero-order valence-corrected chi connectivity index (χ0v) is 14.5. The summed E-state index contributed by atoms with van der Waals surface area (Å²) >= 11 is 6.07. The predicted octanol–water partition coefficient (Wildman–Crippen LogP) is 2.46. The summed E-state index contributed by atoms with van der Waals surface area (Å²) in [7, 11) is 0. The van der Waals surface area contributed by atoms with Gasteiger partial charge in [0.25, 0.3) is 0 Å². The van der Waals surface area contributed by atoms with E-state index in [1.54, 1.807) is 13.8 Å². The van der Waals surface area contributed by atoms with Gasteiger partial charge >= 0.3 is 0 Å². The average molecular weight is 350 g/mol. The lowest BCUT2D eigenvalue weighted by molar-refractivity contribution is -0.142. The third-order valence-electron chi connectivity index (χ3n) is 4.95. The van der Waals surface area contributed by atoms with E-state index in [2.05, 4.69) is 10.1 Å². The van der Waals surface area contributed by atoms with Crippen LogP contribution in [-0.4, -0.2) is 23.0 Å². The number of nitriles is 2. The normalized spacial score (nSPS) is 32.0. The molecule has 7 nitrogen and oxygen atoms in total. The zero-order valence-electron chi connectivity index (χ0n) is 13.8. The Morgan fingerprint density at radius 3 is 2.50 bits per heavy atom. The van der Waals surface area contributed by atoms with Gasteiger partial charge in [0, 0.05) is 0 Å². The summed E-state index contributed by atoms with van der Waals surface area (Å²) in [4.78, 5) is 21.9. The Kier molecular flexibility index (Phi) is 5.15. The molecular weight excluding hydrogens is 330 g/mol. The van der Waals surface area contributed by atoms with Crippen molar-refractivity contribution in [2.75, 3.05) is 0 Å². The molecule has 8 heteroatoms. The first-order valence-corrected chi connectivity index (χ1v) is 8.24. The van der Waals surface area contributed by atoms with Crippen LogP contribution in [0.2, 0.25) is 0 Å². The van der Waals surface area contributed by atoms with Crippen LogP contribution in [0.15, 0.2) is 10.1 Å². The van der Waals surface area contributed by atoms with Crippen molar-refractivity contribution in [1.82, 2.24) is 0 Å². The van der Waals surface area contributed by atoms with E-state index >= 15 is 0 Å². The zero-order chi connectivity index (χ0) is 18.0. The fraction of sp³-hybridized carbons (Fsp3) is 0.688. The molecule has 24 heavy (non-hydrogen) atoms. The number of rotatable bonds is 3. The summed E-state index contributed by atoms with van der Waals surface area (Å²) in [5.41, 5.74) is 3.40. The lowest BCUT2D eigenvalue weighted by atomic mass is 9.57. The largest absolute Gasteiger partial charge is 0.368 e. The van der Waals surface area contributed by atoms with Crippen LogP contribution in [0.4, 0.5) is 0 Å². The molecule has 1 unspecified atom stereocenters. The predicted molar refractivity (Wildman–Crippen MR) is 88.8 cm³/mol. The maximum atomic E-state index is 12.1. The Morgan fingerprint density at radius 1 is 1.38 bits per heavy atom. The fourth-order valence-corrected chi connectivity index (χ4v) is 3.60. The molecule has 0 aromatic rings. The first-order chi connectivity index (χ1) is 11.3. The molecule has 0 spiro atoms. The molecule has 1 heterocycles. The SMILES string of the molecule is CC1(C)[C@@H](ON=C2CCCCC2)N=C(Cl)C(C#N)[C@@]1(C#N)C(N)=O. The van der Waals surface area contributed by atoms with Crippen LogP contribution in [0.25, 0.3) is 0 Å². The maximum Gasteiger partial charge on any atom is 0.240 e. The first-order valence-electron chi connectivity index (χ1n) is 7.86. The Bertz CT molecular complexity index is 665. The van der Waals surface area contributed by atoms with Gasteiger partial charge in [-0.15, -0.1) is 0 Å². The van der Waals surface area contributed by atoms with Crippen LogP contribution in [-0.2, 0) is 9.63 Å². The summed E-state index contributed by atoms with van der Waals surface area (Å²) in [6, 6.07) is 3.80. The Morgan fingerprint density at radius 2 is 2.00 bits per heavy atom. The number of nitrogens with two attached hydrogens (primary N) is 1. The summed E-state index contributed by atoms with van der Waals surface area (Å²) < 4.78 is 0. The first kappa shape index (κ1) is 18.2. The van der Waals surface area contributed by atoms with Crippen molar-refractivity contribution in [2.24, 2.45) is 32.6 Å². The molecule has 1 amide bonds. The van der Waals surface area contributed by atoms with E-state index in [4.69, 9.17) is 22.2 Å². The molecule has 3 atom stereocenters. The van der Waals surface area contributed by atoms with Crippen molar-refractivity contribution in [3.8, 4) is 12.1 Å². The lowest BCUT2D eigenvalue weighted by Crippen LogP contribution is -2.60. The number of nitrogens with zero attached hydrogens (tertiary/aromatic N) is 4. The van der Waals surface area contributed by atoms with Gasteiger partial charge in [0.15, 0.2) is 5.41 Å². The second-order valence-electron chi connectivity index (χ2n) is 6.70. The van der Waals surface area contributed by atoms with Crippen LogP contribution in [0.1, 0.15) is 46.0 Å². The number of oxime groups is 1. The third-order valence-corrected chi connectivity index (χ3v) is 5.27. The topological polar surface area (TPSA) is 125 Å². The summed E-state index contributed by atoms with van der Waals surface area (Å²) in [5, 5.41) is 23.1. The molecule has 2 rings (SSSR count). The Balaban J connectivity index is 2.43. The molecule has 1 aliphatic carbocycles. The number of primary amides is 1. The highest BCUT2D eigenvalue weighted by Crippen LogP contribution is 2.52. The number of hydrogen-bond acceptors (Lipinski definition) is 6. The minimum atomic E-state index is -1.85. The van der Waals surface area contributed by atoms with Crippen molar-refractivity contribution in [1.29, 1.82) is 10.5 Å². The van der Waals surface area contributed by atoms with Gasteiger partial charge in [-0.05, 0) is 25.7 Å². The van der Waals surface area contributed by atoms with Gasteiger partial charge in [-0.1, -0.05) is 37.0 Å². The number of carbonyl (C=O) groups is 1. The molecule has 2 aliphatic rings. The Hall–Kier alpha value is -2.12. The standard InChI is InChI=1S/C16H20ClN5O2/c1-15(2)14(24-22-10-6-4-3-5-7-10)21-12(17)11(8-18)16(15,9-19)13(20)23/h11,14H,3-7H2,1-2H3,(H2,20,23)/t11?,14-,16+/m1/s1. The average Bonchev–Trinajstić information content (AvgIpc) is 2.55. The highest BCUT2D eigenvalue weighted by Gasteiger charge is 2.64. The van der Waals surface area contributed by atoms with E-state index in [1.165, 1.54) is 6.42 Å². The second kappa shape index (κ2) is 6.78. The van der Waals surface area contributed by atoms with Gasteiger partial charge in [0.1, 0.15) is 11.1 Å². The number of halogens is 1. The van der Waals surface area contributed by atoms with Crippen molar-refractivity contribution in [2.45, 2.75) is 52.2 Å². The molecule has 0 aromatic heterocycles. The second-order valence-corrected chi connectivity index (χ2v) is 7.08. The molecule has 0 saturated heterocycles. The molecule has 0 aromatic carbocycles. The molecular formula is C16H20ClN5O2. The van der Waals surface area contributed by atoms with E-state index < -0.39 is 28.9 Å². The molecule has 1 fully saturated rings. The minimum Gasteiger partial charge on any atom is -0.368 e. The van der Waals surface area contributed by atoms with Gasteiger partial charge in [0.2, 0.25) is 12.1 Å². The summed E-state index contributed by atoms with van der Waals surface area (Å²) in [5.74, 6) is -2.16. The van der Waals surface area contributed by atoms with Crippen LogP contribution in [0, 0.1) is 39.4 Å². The number of carbonyl (C=O) groups excluding carboxylic acids is 1. The van der Waals surface area contributed by atoms with Crippen LogP contribution < -0.4 is 5.73 Å². The molecule has 0 radical (unpaired) electrons. The number of aliphatic imine (C=N–C) groups is 1. The number of amides is 1. The fourth-order valence-electron chi connectivity index (χ4n) is 3.30. The Labute approximate surface area is 146 Å². The van der Waals surface area contributed by atoms with E-state index in [9.17, 15) is 15.3 Å². The third kappa shape index (κ3) is 2.74. The summed E-state index contributed by atoms with van der Waals surface area (Å²) in [6.07, 6.45) is 4.01. The van der Waals surface area contributed by atoms with Gasteiger partial charge in [-0.25, -0.2) is 4.99 Å². The molecule has 1 saturated carbocycles. The van der Waals surface area contributed by atoms with Crippen LogP contribution in [0.5, 0.6) is 0 Å². The van der Waals surface area contributed by atoms with Gasteiger partial charge in [-0.3, -0.25) is 4.79 Å². The van der Waals surface area contributed by atoms with Crippen molar-refractivity contribution >= 4 is 28.4 Å². The summed E-state index contributed by atoms with van der Waals surface area (Å²) in [6.45, 7) is 3.23. The smallest absolute Gasteiger partial charge is 0.240 e. The lowest BCUT2D eigenvalue weighted by Gasteiger charge is -2.46.